The molecule has 0 radical (unpaired) electrons. The van der Waals surface area contributed by atoms with Crippen molar-refractivity contribution in [3.63, 3.8) is 0 Å². The lowest BCUT2D eigenvalue weighted by molar-refractivity contribution is -0.113. The molecule has 22 heavy (non-hydrogen) atoms. The molecule has 0 aliphatic carbocycles. The molecule has 0 aromatic heterocycles. The number of hydrogen-bond donors (Lipinski definition) is 0. The SMILES string of the molecule is CC(OC(c1ccccc1)C1CO1)(c1ccccc1)C1CO1. The Morgan fingerprint density at radius 2 is 1.55 bits per heavy atom. The van der Waals surface area contributed by atoms with Gasteiger partial charge in [-0.05, 0) is 18.1 Å². The molecule has 4 rings (SSSR count). The zero-order chi connectivity index (χ0) is 15.0. The first-order valence-corrected chi connectivity index (χ1v) is 7.79. The van der Waals surface area contributed by atoms with Crippen molar-refractivity contribution in [3.8, 4) is 0 Å². The molecule has 0 bridgehead atoms. The Kier molecular flexibility index (Phi) is 3.49. The number of benzene rings is 2. The van der Waals surface area contributed by atoms with Gasteiger partial charge in [0.25, 0.3) is 0 Å². The largest absolute Gasteiger partial charge is 0.370 e. The first-order chi connectivity index (χ1) is 10.8. The zero-order valence-electron chi connectivity index (χ0n) is 12.6. The predicted molar refractivity (Wildman–Crippen MR) is 83.5 cm³/mol. The zero-order valence-corrected chi connectivity index (χ0v) is 12.6. The molecule has 2 heterocycles. The van der Waals surface area contributed by atoms with Gasteiger partial charge in [-0.2, -0.15) is 0 Å². The van der Waals surface area contributed by atoms with Gasteiger partial charge in [0.05, 0.1) is 13.2 Å². The Morgan fingerprint density at radius 1 is 0.955 bits per heavy atom. The summed E-state index contributed by atoms with van der Waals surface area (Å²) in [4.78, 5) is 0. The van der Waals surface area contributed by atoms with Crippen molar-refractivity contribution in [2.45, 2.75) is 30.8 Å². The highest BCUT2D eigenvalue weighted by Gasteiger charge is 2.49. The third-order valence-electron chi connectivity index (χ3n) is 4.49. The lowest BCUT2D eigenvalue weighted by atomic mass is 9.91. The highest BCUT2D eigenvalue weighted by atomic mass is 16.6. The summed E-state index contributed by atoms with van der Waals surface area (Å²) in [7, 11) is 0. The average Bonchev–Trinajstić information content (AvgIpc) is 3.46. The summed E-state index contributed by atoms with van der Waals surface area (Å²) in [5.41, 5.74) is 1.86. The van der Waals surface area contributed by atoms with Gasteiger partial charge >= 0.3 is 0 Å². The molecule has 4 atom stereocenters. The van der Waals surface area contributed by atoms with Gasteiger partial charge < -0.3 is 14.2 Å². The monoisotopic (exact) mass is 296 g/mol. The number of hydrogen-bond acceptors (Lipinski definition) is 3. The molecule has 2 aliphatic heterocycles. The number of epoxide rings is 2. The van der Waals surface area contributed by atoms with Crippen LogP contribution in [0.4, 0.5) is 0 Å². The summed E-state index contributed by atoms with van der Waals surface area (Å²) >= 11 is 0. The van der Waals surface area contributed by atoms with Gasteiger partial charge in [0.2, 0.25) is 0 Å². The molecular formula is C19H20O3. The predicted octanol–water partition coefficient (Wildman–Crippen LogP) is 3.46. The molecule has 0 N–H and O–H groups in total. The van der Waals surface area contributed by atoms with Crippen LogP contribution in [0.25, 0.3) is 0 Å². The summed E-state index contributed by atoms with van der Waals surface area (Å²) in [6, 6.07) is 20.6. The smallest absolute Gasteiger partial charge is 0.120 e. The van der Waals surface area contributed by atoms with Crippen molar-refractivity contribution >= 4 is 0 Å². The van der Waals surface area contributed by atoms with E-state index >= 15 is 0 Å². The number of rotatable bonds is 6. The quantitative estimate of drug-likeness (QED) is 0.766. The second kappa shape index (κ2) is 5.51. The van der Waals surface area contributed by atoms with Crippen LogP contribution in [0, 0.1) is 0 Å². The molecule has 2 saturated heterocycles. The fraction of sp³-hybridized carbons (Fsp3) is 0.368. The lowest BCUT2D eigenvalue weighted by Crippen LogP contribution is -2.35. The van der Waals surface area contributed by atoms with Crippen LogP contribution in [0.1, 0.15) is 24.2 Å². The van der Waals surface area contributed by atoms with E-state index < -0.39 is 5.60 Å². The van der Waals surface area contributed by atoms with Gasteiger partial charge in [-0.25, -0.2) is 0 Å². The topological polar surface area (TPSA) is 34.3 Å². The molecule has 3 nitrogen and oxygen atoms in total. The van der Waals surface area contributed by atoms with Crippen LogP contribution in [0.5, 0.6) is 0 Å². The minimum absolute atomic E-state index is 0.0596. The summed E-state index contributed by atoms with van der Waals surface area (Å²) in [5.74, 6) is 0. The maximum absolute atomic E-state index is 6.61. The van der Waals surface area contributed by atoms with E-state index in [1.54, 1.807) is 0 Å². The van der Waals surface area contributed by atoms with Crippen molar-refractivity contribution < 1.29 is 14.2 Å². The van der Waals surface area contributed by atoms with E-state index in [2.05, 4.69) is 31.2 Å². The third kappa shape index (κ3) is 2.68. The van der Waals surface area contributed by atoms with Gasteiger partial charge in [-0.1, -0.05) is 60.7 Å². The molecular weight excluding hydrogens is 276 g/mol. The van der Waals surface area contributed by atoms with Crippen LogP contribution < -0.4 is 0 Å². The average molecular weight is 296 g/mol. The molecule has 3 heteroatoms. The van der Waals surface area contributed by atoms with Crippen LogP contribution >= 0.6 is 0 Å². The Balaban J connectivity index is 1.66. The Bertz CT molecular complexity index is 620. The highest BCUT2D eigenvalue weighted by Crippen LogP contribution is 2.44. The van der Waals surface area contributed by atoms with Gasteiger partial charge in [0, 0.05) is 0 Å². The highest BCUT2D eigenvalue weighted by molar-refractivity contribution is 5.27. The Labute approximate surface area is 130 Å². The van der Waals surface area contributed by atoms with Crippen LogP contribution in [-0.2, 0) is 19.8 Å². The minimum atomic E-state index is -0.451. The molecule has 0 amide bonds. The molecule has 2 aromatic rings. The molecule has 2 aromatic carbocycles. The normalized spacial score (nSPS) is 27.0. The minimum Gasteiger partial charge on any atom is -0.370 e. The van der Waals surface area contributed by atoms with Crippen LogP contribution in [-0.4, -0.2) is 25.4 Å². The lowest BCUT2D eigenvalue weighted by Gasteiger charge is -2.33. The summed E-state index contributed by atoms with van der Waals surface area (Å²) in [5, 5.41) is 0. The third-order valence-corrected chi connectivity index (χ3v) is 4.49. The summed E-state index contributed by atoms with van der Waals surface area (Å²) in [6.07, 6.45) is 0.194. The van der Waals surface area contributed by atoms with E-state index in [1.807, 2.05) is 36.4 Å². The second-order valence-electron chi connectivity index (χ2n) is 6.12. The van der Waals surface area contributed by atoms with Crippen molar-refractivity contribution in [1.29, 1.82) is 0 Å². The summed E-state index contributed by atoms with van der Waals surface area (Å²) < 4.78 is 17.7. The van der Waals surface area contributed by atoms with Crippen molar-refractivity contribution in [1.82, 2.24) is 0 Å². The van der Waals surface area contributed by atoms with Gasteiger partial charge in [0.15, 0.2) is 0 Å². The maximum atomic E-state index is 6.61. The van der Waals surface area contributed by atoms with Crippen LogP contribution in [0.15, 0.2) is 60.7 Å². The first-order valence-electron chi connectivity index (χ1n) is 7.79. The van der Waals surface area contributed by atoms with Gasteiger partial charge in [0.1, 0.15) is 23.9 Å². The fourth-order valence-electron chi connectivity index (χ4n) is 2.96. The molecule has 0 spiro atoms. The standard InChI is InChI=1S/C19H20O3/c1-19(17-13-21-17,15-10-6-3-7-11-15)22-18(16-12-20-16)14-8-4-2-5-9-14/h2-11,16-18H,12-13H2,1H3. The van der Waals surface area contributed by atoms with E-state index in [9.17, 15) is 0 Å². The Hall–Kier alpha value is -1.68. The van der Waals surface area contributed by atoms with E-state index in [-0.39, 0.29) is 18.3 Å². The van der Waals surface area contributed by atoms with Gasteiger partial charge in [-0.3, -0.25) is 0 Å². The van der Waals surface area contributed by atoms with Crippen LogP contribution in [0.3, 0.4) is 0 Å². The van der Waals surface area contributed by atoms with Crippen molar-refractivity contribution in [3.05, 3.63) is 71.8 Å². The number of ether oxygens (including phenoxy) is 3. The molecule has 2 aliphatic rings. The van der Waals surface area contributed by atoms with E-state index in [4.69, 9.17) is 14.2 Å². The second-order valence-corrected chi connectivity index (χ2v) is 6.12. The molecule has 4 unspecified atom stereocenters. The molecule has 0 saturated carbocycles. The van der Waals surface area contributed by atoms with Crippen molar-refractivity contribution in [2.24, 2.45) is 0 Å². The summed E-state index contributed by atoms with van der Waals surface area (Å²) in [6.45, 7) is 3.63. The van der Waals surface area contributed by atoms with Crippen LogP contribution in [0.2, 0.25) is 0 Å². The van der Waals surface area contributed by atoms with E-state index in [1.165, 1.54) is 0 Å². The van der Waals surface area contributed by atoms with E-state index in [0.29, 0.717) is 0 Å². The van der Waals surface area contributed by atoms with Crippen molar-refractivity contribution in [2.75, 3.05) is 13.2 Å². The van der Waals surface area contributed by atoms with Gasteiger partial charge in [-0.15, -0.1) is 0 Å². The van der Waals surface area contributed by atoms with E-state index in [0.717, 1.165) is 24.3 Å². The Morgan fingerprint density at radius 3 is 2.09 bits per heavy atom. The molecule has 114 valence electrons. The first kappa shape index (κ1) is 13.9. The fourth-order valence-corrected chi connectivity index (χ4v) is 2.96. The molecule has 2 fully saturated rings. The maximum Gasteiger partial charge on any atom is 0.120 e.